The summed E-state index contributed by atoms with van der Waals surface area (Å²) in [5, 5.41) is 12.9. The van der Waals surface area contributed by atoms with Crippen molar-refractivity contribution in [3.8, 4) is 0 Å². The molecular weight excluding hydrogens is 278 g/mol. The Morgan fingerprint density at radius 3 is 2.80 bits per heavy atom. The van der Waals surface area contributed by atoms with Crippen LogP contribution in [0.3, 0.4) is 0 Å². The molecule has 0 saturated carbocycles. The van der Waals surface area contributed by atoms with Crippen LogP contribution in [-0.2, 0) is 16.0 Å². The molecule has 1 aromatic carbocycles. The van der Waals surface area contributed by atoms with Crippen LogP contribution in [0.15, 0.2) is 24.3 Å². The van der Waals surface area contributed by atoms with E-state index in [1.54, 1.807) is 18.2 Å². The van der Waals surface area contributed by atoms with Gasteiger partial charge in [0.1, 0.15) is 0 Å². The normalized spacial score (nSPS) is 12.4. The molecule has 1 aromatic rings. The monoisotopic (exact) mass is 299 g/mol. The molecule has 2 N–H and O–H groups in total. The minimum absolute atomic E-state index is 0.143. The molecule has 20 heavy (non-hydrogen) atoms. The van der Waals surface area contributed by atoms with E-state index in [2.05, 4.69) is 5.32 Å². The highest BCUT2D eigenvalue weighted by molar-refractivity contribution is 6.30. The predicted molar refractivity (Wildman–Crippen MR) is 79.8 cm³/mol. The second kappa shape index (κ2) is 8.95. The van der Waals surface area contributed by atoms with Gasteiger partial charge in [0.25, 0.3) is 0 Å². The highest BCUT2D eigenvalue weighted by Crippen LogP contribution is 2.10. The highest BCUT2D eigenvalue weighted by atomic mass is 35.5. The summed E-state index contributed by atoms with van der Waals surface area (Å²) in [6.07, 6.45) is -0.433. The molecule has 0 saturated heterocycles. The van der Waals surface area contributed by atoms with Gasteiger partial charge in [0.2, 0.25) is 5.91 Å². The van der Waals surface area contributed by atoms with Gasteiger partial charge in [0, 0.05) is 18.2 Å². The SMILES string of the molecule is CC(C)COCC(O)CNC(=O)Cc1cccc(Cl)c1. The number of carbonyl (C=O) groups excluding carboxylic acids is 1. The number of amides is 1. The molecule has 0 aliphatic carbocycles. The van der Waals surface area contributed by atoms with Gasteiger partial charge in [-0.25, -0.2) is 0 Å². The van der Waals surface area contributed by atoms with E-state index in [1.807, 2.05) is 19.9 Å². The maximum Gasteiger partial charge on any atom is 0.224 e. The van der Waals surface area contributed by atoms with Crippen LogP contribution in [0.5, 0.6) is 0 Å². The summed E-state index contributed by atoms with van der Waals surface area (Å²) in [7, 11) is 0. The second-order valence-corrected chi connectivity index (χ2v) is 5.63. The third-order valence-electron chi connectivity index (χ3n) is 2.55. The molecule has 5 heteroatoms. The van der Waals surface area contributed by atoms with Crippen LogP contribution in [0.2, 0.25) is 5.02 Å². The van der Waals surface area contributed by atoms with Gasteiger partial charge < -0.3 is 15.2 Å². The fourth-order valence-corrected chi connectivity index (χ4v) is 1.84. The van der Waals surface area contributed by atoms with E-state index < -0.39 is 6.10 Å². The van der Waals surface area contributed by atoms with Gasteiger partial charge in [-0.05, 0) is 23.6 Å². The number of hydrogen-bond donors (Lipinski definition) is 2. The maximum absolute atomic E-state index is 11.7. The van der Waals surface area contributed by atoms with Crippen LogP contribution in [-0.4, -0.2) is 36.9 Å². The summed E-state index contributed by atoms with van der Waals surface area (Å²) >= 11 is 5.85. The lowest BCUT2D eigenvalue weighted by atomic mass is 10.1. The average Bonchev–Trinajstić information content (AvgIpc) is 2.36. The average molecular weight is 300 g/mol. The molecule has 0 fully saturated rings. The molecule has 112 valence electrons. The number of nitrogens with one attached hydrogen (secondary N) is 1. The van der Waals surface area contributed by atoms with E-state index in [-0.39, 0.29) is 25.5 Å². The topological polar surface area (TPSA) is 58.6 Å². The number of carbonyl (C=O) groups is 1. The van der Waals surface area contributed by atoms with Crippen LogP contribution in [0.1, 0.15) is 19.4 Å². The van der Waals surface area contributed by atoms with Crippen molar-refractivity contribution < 1.29 is 14.6 Å². The Balaban J connectivity index is 2.22. The summed E-state index contributed by atoms with van der Waals surface area (Å²) in [6, 6.07) is 7.16. The number of benzene rings is 1. The zero-order chi connectivity index (χ0) is 15.0. The van der Waals surface area contributed by atoms with Crippen molar-refractivity contribution in [3.63, 3.8) is 0 Å². The molecule has 0 heterocycles. The largest absolute Gasteiger partial charge is 0.389 e. The van der Waals surface area contributed by atoms with E-state index in [1.165, 1.54) is 0 Å². The zero-order valence-electron chi connectivity index (χ0n) is 11.9. The number of rotatable bonds is 8. The van der Waals surface area contributed by atoms with Gasteiger partial charge in [-0.15, -0.1) is 0 Å². The Bertz CT molecular complexity index is 423. The van der Waals surface area contributed by atoms with E-state index in [9.17, 15) is 9.90 Å². The van der Waals surface area contributed by atoms with Gasteiger partial charge in [0.15, 0.2) is 0 Å². The Morgan fingerprint density at radius 1 is 1.40 bits per heavy atom. The lowest BCUT2D eigenvalue weighted by Gasteiger charge is -2.13. The summed E-state index contributed by atoms with van der Waals surface area (Å²) < 4.78 is 5.30. The third kappa shape index (κ3) is 7.48. The molecule has 1 rings (SSSR count). The zero-order valence-corrected chi connectivity index (χ0v) is 12.7. The Morgan fingerprint density at radius 2 is 2.15 bits per heavy atom. The molecule has 0 radical (unpaired) electrons. The van der Waals surface area contributed by atoms with Gasteiger partial charge in [-0.1, -0.05) is 37.6 Å². The van der Waals surface area contributed by atoms with Gasteiger partial charge in [0.05, 0.1) is 19.1 Å². The lowest BCUT2D eigenvalue weighted by Crippen LogP contribution is -2.35. The van der Waals surface area contributed by atoms with Crippen LogP contribution >= 0.6 is 11.6 Å². The first kappa shape index (κ1) is 17.0. The van der Waals surface area contributed by atoms with Crippen molar-refractivity contribution in [2.24, 2.45) is 5.92 Å². The summed E-state index contributed by atoms with van der Waals surface area (Å²) in [4.78, 5) is 11.7. The minimum atomic E-state index is -0.683. The van der Waals surface area contributed by atoms with Gasteiger partial charge in [-0.2, -0.15) is 0 Å². The number of hydrogen-bond acceptors (Lipinski definition) is 3. The van der Waals surface area contributed by atoms with Crippen molar-refractivity contribution in [2.75, 3.05) is 19.8 Å². The number of aliphatic hydroxyl groups excluding tert-OH is 1. The van der Waals surface area contributed by atoms with Crippen molar-refractivity contribution in [3.05, 3.63) is 34.9 Å². The molecule has 4 nitrogen and oxygen atoms in total. The fraction of sp³-hybridized carbons (Fsp3) is 0.533. The predicted octanol–water partition coefficient (Wildman–Crippen LogP) is 2.03. The smallest absolute Gasteiger partial charge is 0.224 e. The molecule has 0 aromatic heterocycles. The Hall–Kier alpha value is -1.10. The van der Waals surface area contributed by atoms with Crippen LogP contribution in [0.25, 0.3) is 0 Å². The fourth-order valence-electron chi connectivity index (χ4n) is 1.63. The van der Waals surface area contributed by atoms with Crippen LogP contribution in [0, 0.1) is 5.92 Å². The molecule has 1 atom stereocenters. The molecule has 1 amide bonds. The Kier molecular flexibility index (Phi) is 7.59. The standard InChI is InChI=1S/C15H22ClNO3/c1-11(2)9-20-10-14(18)8-17-15(19)7-12-4-3-5-13(16)6-12/h3-6,11,14,18H,7-10H2,1-2H3,(H,17,19). The third-order valence-corrected chi connectivity index (χ3v) is 2.79. The molecule has 0 aliphatic rings. The quantitative estimate of drug-likeness (QED) is 0.772. The van der Waals surface area contributed by atoms with Gasteiger partial charge in [-0.3, -0.25) is 4.79 Å². The van der Waals surface area contributed by atoms with Crippen LogP contribution < -0.4 is 5.32 Å². The molecule has 1 unspecified atom stereocenters. The van der Waals surface area contributed by atoms with Crippen molar-refractivity contribution >= 4 is 17.5 Å². The molecule has 0 spiro atoms. The Labute approximate surface area is 125 Å². The summed E-state index contributed by atoms with van der Waals surface area (Å²) in [5.41, 5.74) is 0.848. The summed E-state index contributed by atoms with van der Waals surface area (Å²) in [6.45, 7) is 5.11. The van der Waals surface area contributed by atoms with Crippen molar-refractivity contribution in [2.45, 2.75) is 26.4 Å². The van der Waals surface area contributed by atoms with Gasteiger partial charge >= 0.3 is 0 Å². The molecular formula is C15H22ClNO3. The van der Waals surface area contributed by atoms with E-state index in [0.717, 1.165) is 5.56 Å². The number of halogens is 1. The maximum atomic E-state index is 11.7. The molecule has 0 bridgehead atoms. The number of aliphatic hydroxyl groups is 1. The van der Waals surface area contributed by atoms with E-state index in [0.29, 0.717) is 17.5 Å². The second-order valence-electron chi connectivity index (χ2n) is 5.20. The number of ether oxygens (including phenoxy) is 1. The van der Waals surface area contributed by atoms with E-state index >= 15 is 0 Å². The minimum Gasteiger partial charge on any atom is -0.389 e. The van der Waals surface area contributed by atoms with E-state index in [4.69, 9.17) is 16.3 Å². The first-order valence-corrected chi connectivity index (χ1v) is 7.12. The summed E-state index contributed by atoms with van der Waals surface area (Å²) in [5.74, 6) is 0.287. The lowest BCUT2D eigenvalue weighted by molar-refractivity contribution is -0.121. The molecule has 0 aliphatic heterocycles. The van der Waals surface area contributed by atoms with Crippen molar-refractivity contribution in [1.82, 2.24) is 5.32 Å². The first-order valence-electron chi connectivity index (χ1n) is 6.74. The highest BCUT2D eigenvalue weighted by Gasteiger charge is 2.08. The van der Waals surface area contributed by atoms with Crippen molar-refractivity contribution in [1.29, 1.82) is 0 Å². The first-order chi connectivity index (χ1) is 9.47. The van der Waals surface area contributed by atoms with Crippen LogP contribution in [0.4, 0.5) is 0 Å².